The van der Waals surface area contributed by atoms with Crippen LogP contribution in [0.25, 0.3) is 10.8 Å². The van der Waals surface area contributed by atoms with Crippen molar-refractivity contribution in [3.05, 3.63) is 48.0 Å². The highest BCUT2D eigenvalue weighted by Gasteiger charge is 2.20. The number of benzene rings is 2. The average molecular weight is 319 g/mol. The Kier molecular flexibility index (Phi) is 5.81. The van der Waals surface area contributed by atoms with Crippen molar-refractivity contribution in [3.63, 3.8) is 0 Å². The van der Waals surface area contributed by atoms with Crippen LogP contribution in [0.2, 0.25) is 0 Å². The van der Waals surface area contributed by atoms with Crippen molar-refractivity contribution in [2.24, 2.45) is 0 Å². The standard InChI is InChI=1S/C18H22N2O.ClH/c1-2-19-10-12-20(13-11-19)18(21)14-16-8-5-7-15-6-3-4-9-17(15)16;/h3-9H,2,10-14H2,1H3;1H. The number of piperazine rings is 1. The van der Waals surface area contributed by atoms with E-state index in [2.05, 4.69) is 36.1 Å². The van der Waals surface area contributed by atoms with Crippen LogP contribution in [-0.4, -0.2) is 48.4 Å². The van der Waals surface area contributed by atoms with Crippen molar-refractivity contribution in [1.29, 1.82) is 0 Å². The highest BCUT2D eigenvalue weighted by Crippen LogP contribution is 2.19. The summed E-state index contributed by atoms with van der Waals surface area (Å²) in [7, 11) is 0. The van der Waals surface area contributed by atoms with E-state index in [0.29, 0.717) is 6.42 Å². The minimum Gasteiger partial charge on any atom is -0.340 e. The van der Waals surface area contributed by atoms with Crippen molar-refractivity contribution < 1.29 is 4.79 Å². The molecule has 1 amide bonds. The van der Waals surface area contributed by atoms with Crippen molar-refractivity contribution >= 4 is 29.1 Å². The van der Waals surface area contributed by atoms with Crippen LogP contribution in [0.5, 0.6) is 0 Å². The van der Waals surface area contributed by atoms with E-state index in [0.717, 1.165) is 38.3 Å². The molecule has 118 valence electrons. The van der Waals surface area contributed by atoms with Gasteiger partial charge in [0.25, 0.3) is 0 Å². The average Bonchev–Trinajstić information content (AvgIpc) is 2.55. The third-order valence-electron chi connectivity index (χ3n) is 4.39. The van der Waals surface area contributed by atoms with E-state index in [4.69, 9.17) is 0 Å². The smallest absolute Gasteiger partial charge is 0.227 e. The van der Waals surface area contributed by atoms with Gasteiger partial charge in [-0.05, 0) is 22.9 Å². The van der Waals surface area contributed by atoms with Gasteiger partial charge in [0.15, 0.2) is 0 Å². The Bertz CT molecular complexity index is 631. The summed E-state index contributed by atoms with van der Waals surface area (Å²) in [4.78, 5) is 16.9. The van der Waals surface area contributed by atoms with E-state index < -0.39 is 0 Å². The molecule has 0 saturated carbocycles. The maximum Gasteiger partial charge on any atom is 0.227 e. The molecule has 1 fully saturated rings. The van der Waals surface area contributed by atoms with Gasteiger partial charge in [0.05, 0.1) is 6.42 Å². The molecule has 1 heterocycles. The molecule has 3 rings (SSSR count). The number of nitrogens with zero attached hydrogens (tertiary/aromatic N) is 2. The lowest BCUT2D eigenvalue weighted by Gasteiger charge is -2.34. The van der Waals surface area contributed by atoms with Crippen molar-refractivity contribution in [3.8, 4) is 0 Å². The predicted molar refractivity (Wildman–Crippen MR) is 93.6 cm³/mol. The van der Waals surface area contributed by atoms with Crippen LogP contribution in [0.4, 0.5) is 0 Å². The fourth-order valence-electron chi connectivity index (χ4n) is 3.03. The van der Waals surface area contributed by atoms with Crippen molar-refractivity contribution in [1.82, 2.24) is 9.80 Å². The number of halogens is 1. The summed E-state index contributed by atoms with van der Waals surface area (Å²) in [6.07, 6.45) is 0.507. The number of carbonyl (C=O) groups is 1. The lowest BCUT2D eigenvalue weighted by molar-refractivity contribution is -0.132. The van der Waals surface area contributed by atoms with Gasteiger partial charge >= 0.3 is 0 Å². The molecule has 4 heteroatoms. The number of amides is 1. The zero-order chi connectivity index (χ0) is 14.7. The number of hydrogen-bond acceptors (Lipinski definition) is 2. The van der Waals surface area contributed by atoms with Crippen LogP contribution >= 0.6 is 12.4 Å². The van der Waals surface area contributed by atoms with E-state index in [9.17, 15) is 4.79 Å². The second-order valence-corrected chi connectivity index (χ2v) is 5.63. The van der Waals surface area contributed by atoms with Crippen LogP contribution in [0.1, 0.15) is 12.5 Å². The first-order valence-electron chi connectivity index (χ1n) is 7.74. The predicted octanol–water partition coefficient (Wildman–Crippen LogP) is 2.97. The Hall–Kier alpha value is -1.58. The lowest BCUT2D eigenvalue weighted by atomic mass is 10.0. The van der Waals surface area contributed by atoms with Gasteiger partial charge in [-0.2, -0.15) is 0 Å². The Balaban J connectivity index is 0.00000176. The molecule has 0 spiro atoms. The van der Waals surface area contributed by atoms with E-state index in [1.807, 2.05) is 23.1 Å². The molecule has 0 radical (unpaired) electrons. The molecule has 1 aliphatic heterocycles. The first-order chi connectivity index (χ1) is 10.3. The van der Waals surface area contributed by atoms with E-state index in [-0.39, 0.29) is 18.3 Å². The quantitative estimate of drug-likeness (QED) is 0.868. The van der Waals surface area contributed by atoms with Gasteiger partial charge in [0, 0.05) is 26.2 Å². The Morgan fingerprint density at radius 1 is 1.00 bits per heavy atom. The van der Waals surface area contributed by atoms with Crippen LogP contribution in [-0.2, 0) is 11.2 Å². The van der Waals surface area contributed by atoms with E-state index in [1.54, 1.807) is 0 Å². The molecule has 0 aliphatic carbocycles. The molecular weight excluding hydrogens is 296 g/mol. The highest BCUT2D eigenvalue weighted by atomic mass is 35.5. The Labute approximate surface area is 138 Å². The van der Waals surface area contributed by atoms with Gasteiger partial charge < -0.3 is 9.80 Å². The summed E-state index contributed by atoms with van der Waals surface area (Å²) in [5.41, 5.74) is 1.14. The van der Waals surface area contributed by atoms with Gasteiger partial charge in [0.1, 0.15) is 0 Å². The second-order valence-electron chi connectivity index (χ2n) is 5.63. The van der Waals surface area contributed by atoms with Crippen LogP contribution in [0.3, 0.4) is 0 Å². The topological polar surface area (TPSA) is 23.6 Å². The fraction of sp³-hybridized carbons (Fsp3) is 0.389. The molecule has 1 saturated heterocycles. The Morgan fingerprint density at radius 3 is 2.41 bits per heavy atom. The largest absolute Gasteiger partial charge is 0.340 e. The molecule has 0 atom stereocenters. The zero-order valence-electron chi connectivity index (χ0n) is 13.0. The number of likely N-dealkylation sites (N-methyl/N-ethyl adjacent to an activating group) is 1. The summed E-state index contributed by atoms with van der Waals surface area (Å²) >= 11 is 0. The van der Waals surface area contributed by atoms with Gasteiger partial charge in [-0.25, -0.2) is 0 Å². The van der Waals surface area contributed by atoms with Gasteiger partial charge in [-0.1, -0.05) is 49.4 Å². The third-order valence-corrected chi connectivity index (χ3v) is 4.39. The molecule has 0 unspecified atom stereocenters. The Morgan fingerprint density at radius 2 is 1.68 bits per heavy atom. The molecule has 0 aromatic heterocycles. The maximum atomic E-state index is 12.5. The minimum absolute atomic E-state index is 0. The van der Waals surface area contributed by atoms with E-state index >= 15 is 0 Å². The number of carbonyl (C=O) groups excluding carboxylic acids is 1. The molecule has 2 aromatic carbocycles. The molecule has 2 aromatic rings. The van der Waals surface area contributed by atoms with Crippen LogP contribution in [0, 0.1) is 0 Å². The summed E-state index contributed by atoms with van der Waals surface area (Å²) in [6.45, 7) is 6.96. The van der Waals surface area contributed by atoms with Crippen LogP contribution in [0.15, 0.2) is 42.5 Å². The summed E-state index contributed by atoms with van der Waals surface area (Å²) < 4.78 is 0. The number of rotatable bonds is 3. The molecule has 1 aliphatic rings. The molecular formula is C18H23ClN2O. The first-order valence-corrected chi connectivity index (χ1v) is 7.74. The minimum atomic E-state index is 0. The fourth-order valence-corrected chi connectivity index (χ4v) is 3.03. The monoisotopic (exact) mass is 318 g/mol. The summed E-state index contributed by atoms with van der Waals surface area (Å²) in [5, 5.41) is 2.40. The van der Waals surface area contributed by atoms with Gasteiger partial charge in [-0.15, -0.1) is 12.4 Å². The summed E-state index contributed by atoms with van der Waals surface area (Å²) in [6, 6.07) is 14.5. The second kappa shape index (κ2) is 7.61. The molecule has 22 heavy (non-hydrogen) atoms. The van der Waals surface area contributed by atoms with Gasteiger partial charge in [0.2, 0.25) is 5.91 Å². The van der Waals surface area contributed by atoms with Gasteiger partial charge in [-0.3, -0.25) is 4.79 Å². The number of fused-ring (bicyclic) bond motifs is 1. The zero-order valence-corrected chi connectivity index (χ0v) is 13.8. The lowest BCUT2D eigenvalue weighted by Crippen LogP contribution is -2.48. The summed E-state index contributed by atoms with van der Waals surface area (Å²) in [5.74, 6) is 0.252. The number of hydrogen-bond donors (Lipinski definition) is 0. The third kappa shape index (κ3) is 3.60. The van der Waals surface area contributed by atoms with Crippen LogP contribution < -0.4 is 0 Å². The van der Waals surface area contributed by atoms with Crippen molar-refractivity contribution in [2.75, 3.05) is 32.7 Å². The SMILES string of the molecule is CCN1CCN(C(=O)Cc2cccc3ccccc23)CC1.Cl. The molecule has 0 bridgehead atoms. The molecule has 0 N–H and O–H groups in total. The van der Waals surface area contributed by atoms with E-state index in [1.165, 1.54) is 10.8 Å². The molecule has 3 nitrogen and oxygen atoms in total. The highest BCUT2D eigenvalue weighted by molar-refractivity contribution is 5.90. The normalized spacial score (nSPS) is 15.6. The van der Waals surface area contributed by atoms with Crippen molar-refractivity contribution in [2.45, 2.75) is 13.3 Å². The maximum absolute atomic E-state index is 12.5. The first kappa shape index (κ1) is 16.8.